The molecule has 0 atom stereocenters. The summed E-state index contributed by atoms with van der Waals surface area (Å²) in [7, 11) is 1.97. The highest BCUT2D eigenvalue weighted by atomic mass is 16.4. The first kappa shape index (κ1) is 18.6. The van der Waals surface area contributed by atoms with Gasteiger partial charge in [-0.05, 0) is 37.6 Å². The predicted molar refractivity (Wildman–Crippen MR) is 107 cm³/mol. The summed E-state index contributed by atoms with van der Waals surface area (Å²) in [5.74, 6) is 1.26. The minimum Gasteiger partial charge on any atom is -0.431 e. The number of nitrogens with zero attached hydrogens (tertiary/aromatic N) is 3. The van der Waals surface area contributed by atoms with Gasteiger partial charge in [0.25, 0.3) is 5.91 Å². The summed E-state index contributed by atoms with van der Waals surface area (Å²) in [5, 5.41) is 2.85. The molecule has 2 heterocycles. The van der Waals surface area contributed by atoms with Gasteiger partial charge < -0.3 is 14.6 Å². The van der Waals surface area contributed by atoms with Gasteiger partial charge >= 0.3 is 0 Å². The molecule has 0 aliphatic rings. The van der Waals surface area contributed by atoms with Gasteiger partial charge in [0.1, 0.15) is 5.82 Å². The molecule has 0 fully saturated rings. The summed E-state index contributed by atoms with van der Waals surface area (Å²) < 4.78 is 5.81. The van der Waals surface area contributed by atoms with Gasteiger partial charge in [-0.15, -0.1) is 0 Å². The maximum Gasteiger partial charge on any atom is 0.293 e. The zero-order chi connectivity index (χ0) is 19.2. The number of carbonyl (C=O) groups is 1. The molecular formula is C21H24N4O2. The molecule has 3 aromatic rings. The second kappa shape index (κ2) is 8.49. The number of hydrogen-bond donors (Lipinski definition) is 1. The molecule has 0 aliphatic heterocycles. The zero-order valence-electron chi connectivity index (χ0n) is 15.9. The van der Waals surface area contributed by atoms with Crippen LogP contribution in [0.3, 0.4) is 0 Å². The van der Waals surface area contributed by atoms with Gasteiger partial charge in [0.05, 0.1) is 17.6 Å². The molecule has 0 saturated carbocycles. The van der Waals surface area contributed by atoms with Crippen molar-refractivity contribution in [1.82, 2.24) is 9.97 Å². The van der Waals surface area contributed by atoms with Crippen molar-refractivity contribution in [2.45, 2.75) is 26.7 Å². The number of hydrogen-bond acceptors (Lipinski definition) is 5. The largest absolute Gasteiger partial charge is 0.431 e. The average molecular weight is 364 g/mol. The molecule has 0 unspecified atom stereocenters. The van der Waals surface area contributed by atoms with Crippen molar-refractivity contribution < 1.29 is 9.21 Å². The molecule has 6 nitrogen and oxygen atoms in total. The lowest BCUT2D eigenvalue weighted by atomic mass is 10.2. The molecule has 0 bridgehead atoms. The van der Waals surface area contributed by atoms with E-state index in [4.69, 9.17) is 4.42 Å². The summed E-state index contributed by atoms with van der Waals surface area (Å²) in [6.45, 7) is 4.96. The number of oxazole rings is 1. The monoisotopic (exact) mass is 364 g/mol. The molecule has 6 heteroatoms. The Labute approximate surface area is 159 Å². The molecular weight excluding hydrogens is 340 g/mol. The third kappa shape index (κ3) is 4.34. The molecule has 0 aliphatic carbocycles. The Kier molecular flexibility index (Phi) is 5.86. The van der Waals surface area contributed by atoms with Crippen LogP contribution >= 0.6 is 0 Å². The number of anilines is 2. The van der Waals surface area contributed by atoms with Crippen LogP contribution in [0, 0.1) is 0 Å². The lowest BCUT2D eigenvalue weighted by Gasteiger charge is -2.15. The van der Waals surface area contributed by atoms with Gasteiger partial charge in [-0.1, -0.05) is 31.5 Å². The summed E-state index contributed by atoms with van der Waals surface area (Å²) >= 11 is 0. The van der Waals surface area contributed by atoms with Crippen molar-refractivity contribution in [1.29, 1.82) is 0 Å². The Bertz CT molecular complexity index is 888. The first-order chi connectivity index (χ1) is 13.1. The normalized spacial score (nSPS) is 10.6. The Hall–Kier alpha value is -3.15. The van der Waals surface area contributed by atoms with Crippen LogP contribution < -0.4 is 10.2 Å². The number of benzene rings is 1. The fourth-order valence-corrected chi connectivity index (χ4v) is 2.68. The third-order valence-electron chi connectivity index (χ3n) is 4.28. The SMILES string of the molecule is CCCc1nc(-c2ccccc2)oc1C(=O)Nc1ccc(N(C)CC)nc1. The Morgan fingerprint density at radius 1 is 1.15 bits per heavy atom. The van der Waals surface area contributed by atoms with E-state index in [1.54, 1.807) is 6.20 Å². The molecule has 27 heavy (non-hydrogen) atoms. The van der Waals surface area contributed by atoms with Crippen molar-refractivity contribution in [3.63, 3.8) is 0 Å². The fraction of sp³-hybridized carbons (Fsp3) is 0.286. The molecule has 0 radical (unpaired) electrons. The van der Waals surface area contributed by atoms with Gasteiger partial charge in [-0.2, -0.15) is 0 Å². The quantitative estimate of drug-likeness (QED) is 0.673. The first-order valence-corrected chi connectivity index (χ1v) is 9.16. The summed E-state index contributed by atoms with van der Waals surface area (Å²) in [6, 6.07) is 13.3. The topological polar surface area (TPSA) is 71.3 Å². The van der Waals surface area contributed by atoms with Crippen LogP contribution in [0.15, 0.2) is 53.1 Å². The van der Waals surface area contributed by atoms with Crippen molar-refractivity contribution in [2.75, 3.05) is 23.8 Å². The highest BCUT2D eigenvalue weighted by molar-refractivity contribution is 6.03. The highest BCUT2D eigenvalue weighted by Gasteiger charge is 2.20. The van der Waals surface area contributed by atoms with E-state index in [1.165, 1.54) is 0 Å². The first-order valence-electron chi connectivity index (χ1n) is 9.16. The van der Waals surface area contributed by atoms with Crippen LogP contribution in [0.5, 0.6) is 0 Å². The number of aromatic nitrogens is 2. The van der Waals surface area contributed by atoms with Crippen molar-refractivity contribution in [2.24, 2.45) is 0 Å². The second-order valence-corrected chi connectivity index (χ2v) is 6.28. The van der Waals surface area contributed by atoms with Gasteiger partial charge in [-0.3, -0.25) is 4.79 Å². The lowest BCUT2D eigenvalue weighted by molar-refractivity contribution is 0.0996. The van der Waals surface area contributed by atoms with E-state index in [0.717, 1.165) is 24.3 Å². The minimum atomic E-state index is -0.313. The van der Waals surface area contributed by atoms with Crippen LogP contribution in [0.4, 0.5) is 11.5 Å². The van der Waals surface area contributed by atoms with Crippen LogP contribution in [0.2, 0.25) is 0 Å². The number of carbonyl (C=O) groups excluding carboxylic acids is 1. The Morgan fingerprint density at radius 3 is 2.56 bits per heavy atom. The summed E-state index contributed by atoms with van der Waals surface area (Å²) in [4.78, 5) is 23.7. The molecule has 1 aromatic carbocycles. The van der Waals surface area contributed by atoms with Crippen LogP contribution in [-0.2, 0) is 6.42 Å². The van der Waals surface area contributed by atoms with E-state index in [0.29, 0.717) is 23.7 Å². The van der Waals surface area contributed by atoms with E-state index in [9.17, 15) is 4.79 Å². The molecule has 1 N–H and O–H groups in total. The van der Waals surface area contributed by atoms with E-state index in [-0.39, 0.29) is 11.7 Å². The third-order valence-corrected chi connectivity index (χ3v) is 4.28. The maximum atomic E-state index is 12.7. The molecule has 1 amide bonds. The predicted octanol–water partition coefficient (Wildman–Crippen LogP) is 4.40. The van der Waals surface area contributed by atoms with Gasteiger partial charge in [-0.25, -0.2) is 9.97 Å². The van der Waals surface area contributed by atoms with E-state index >= 15 is 0 Å². The average Bonchev–Trinajstić information content (AvgIpc) is 3.13. The van der Waals surface area contributed by atoms with Crippen LogP contribution in [0.25, 0.3) is 11.5 Å². The van der Waals surface area contributed by atoms with Gasteiger partial charge in [0.15, 0.2) is 0 Å². The minimum absolute atomic E-state index is 0.255. The fourth-order valence-electron chi connectivity index (χ4n) is 2.68. The molecule has 0 spiro atoms. The maximum absolute atomic E-state index is 12.7. The smallest absolute Gasteiger partial charge is 0.293 e. The standard InChI is InChI=1S/C21H24N4O2/c1-4-9-17-19(27-21(24-17)15-10-7-6-8-11-15)20(26)23-16-12-13-18(22-14-16)25(3)5-2/h6-8,10-14H,4-5,9H2,1-3H3,(H,23,26). The van der Waals surface area contributed by atoms with Crippen molar-refractivity contribution in [3.8, 4) is 11.5 Å². The number of pyridine rings is 1. The zero-order valence-corrected chi connectivity index (χ0v) is 15.9. The number of amides is 1. The van der Waals surface area contributed by atoms with Crippen LogP contribution in [-0.4, -0.2) is 29.5 Å². The Morgan fingerprint density at radius 2 is 1.93 bits per heavy atom. The summed E-state index contributed by atoms with van der Waals surface area (Å²) in [5.41, 5.74) is 2.14. The van der Waals surface area contributed by atoms with Crippen molar-refractivity contribution >= 4 is 17.4 Å². The Balaban J connectivity index is 1.82. The van der Waals surface area contributed by atoms with E-state index in [1.807, 2.05) is 61.3 Å². The second-order valence-electron chi connectivity index (χ2n) is 6.28. The highest BCUT2D eigenvalue weighted by Crippen LogP contribution is 2.24. The lowest BCUT2D eigenvalue weighted by Crippen LogP contribution is -2.17. The van der Waals surface area contributed by atoms with E-state index in [2.05, 4.69) is 22.2 Å². The molecule has 140 valence electrons. The number of rotatable bonds is 7. The number of aryl methyl sites for hydroxylation is 1. The number of nitrogens with one attached hydrogen (secondary N) is 1. The molecule has 0 saturated heterocycles. The van der Waals surface area contributed by atoms with Crippen molar-refractivity contribution in [3.05, 3.63) is 60.1 Å². The van der Waals surface area contributed by atoms with E-state index < -0.39 is 0 Å². The molecule has 3 rings (SSSR count). The van der Waals surface area contributed by atoms with Gasteiger partial charge in [0, 0.05) is 19.2 Å². The molecule has 2 aromatic heterocycles. The summed E-state index contributed by atoms with van der Waals surface area (Å²) in [6.07, 6.45) is 3.20. The van der Waals surface area contributed by atoms with Crippen LogP contribution in [0.1, 0.15) is 36.5 Å². The van der Waals surface area contributed by atoms with Gasteiger partial charge in [0.2, 0.25) is 11.7 Å².